The topological polar surface area (TPSA) is 92.8 Å². The quantitative estimate of drug-likeness (QED) is 0.292. The first-order valence-electron chi connectivity index (χ1n) is 4.76. The van der Waals surface area contributed by atoms with Gasteiger partial charge < -0.3 is 20.7 Å². The minimum Gasteiger partial charge on any atom is -0.507 e. The number of nitrogen functional groups attached to an aromatic ring is 1. The third kappa shape index (κ3) is 2.56. The molecule has 0 aliphatic carbocycles. The Balaban J connectivity index is 3.14. The van der Waals surface area contributed by atoms with Crippen molar-refractivity contribution in [3.05, 3.63) is 17.7 Å². The number of anilines is 1. The van der Waals surface area contributed by atoms with E-state index in [9.17, 15) is 15.0 Å². The van der Waals surface area contributed by atoms with Crippen LogP contribution in [0.2, 0.25) is 0 Å². The van der Waals surface area contributed by atoms with Crippen molar-refractivity contribution in [2.24, 2.45) is 0 Å². The van der Waals surface area contributed by atoms with E-state index in [1.165, 1.54) is 12.1 Å². The van der Waals surface area contributed by atoms with E-state index in [-0.39, 0.29) is 17.0 Å². The number of esters is 1. The number of carbonyl (C=O) groups excluding carboxylic acids is 1. The maximum Gasteiger partial charge on any atom is 0.346 e. The zero-order valence-corrected chi connectivity index (χ0v) is 9.44. The van der Waals surface area contributed by atoms with Gasteiger partial charge in [-0.15, -0.1) is 0 Å². The van der Waals surface area contributed by atoms with Crippen molar-refractivity contribution in [1.29, 1.82) is 0 Å². The first-order chi connectivity index (χ1) is 7.22. The normalized spacial score (nSPS) is 11.2. The van der Waals surface area contributed by atoms with E-state index in [0.29, 0.717) is 0 Å². The van der Waals surface area contributed by atoms with Gasteiger partial charge in [0.2, 0.25) is 0 Å². The largest absolute Gasteiger partial charge is 0.507 e. The molecule has 0 aliphatic heterocycles. The second kappa shape index (κ2) is 3.92. The number of benzene rings is 1. The monoisotopic (exact) mass is 225 g/mol. The van der Waals surface area contributed by atoms with Crippen LogP contribution in [0.1, 0.15) is 31.1 Å². The highest BCUT2D eigenvalue weighted by Gasteiger charge is 2.24. The number of aromatic hydroxyl groups is 2. The molecule has 0 amide bonds. The van der Waals surface area contributed by atoms with Crippen molar-refractivity contribution in [1.82, 2.24) is 0 Å². The molecule has 0 saturated carbocycles. The van der Waals surface area contributed by atoms with E-state index in [4.69, 9.17) is 10.5 Å². The number of phenolic OH excluding ortho intramolecular Hbond substituents is 2. The van der Waals surface area contributed by atoms with Crippen LogP contribution in [0.5, 0.6) is 11.5 Å². The van der Waals surface area contributed by atoms with Gasteiger partial charge in [-0.05, 0) is 32.9 Å². The van der Waals surface area contributed by atoms with Gasteiger partial charge >= 0.3 is 5.97 Å². The van der Waals surface area contributed by atoms with Crippen molar-refractivity contribution in [3.8, 4) is 11.5 Å². The Bertz CT molecular complexity index is 421. The third-order valence-corrected chi connectivity index (χ3v) is 1.79. The minimum absolute atomic E-state index is 0.0126. The van der Waals surface area contributed by atoms with Gasteiger partial charge in [-0.25, -0.2) is 4.79 Å². The summed E-state index contributed by atoms with van der Waals surface area (Å²) < 4.78 is 5.03. The lowest BCUT2D eigenvalue weighted by molar-refractivity contribution is 0.00641. The minimum atomic E-state index is -0.810. The number of rotatable bonds is 1. The Labute approximate surface area is 93.5 Å². The molecule has 0 aromatic heterocycles. The molecule has 0 bridgehead atoms. The maximum absolute atomic E-state index is 11.7. The fourth-order valence-corrected chi connectivity index (χ4v) is 1.13. The SMILES string of the molecule is CC(C)(C)OC(=O)c1c(O)ccc(N)c1O. The van der Waals surface area contributed by atoms with E-state index < -0.39 is 17.3 Å². The summed E-state index contributed by atoms with van der Waals surface area (Å²) in [6.45, 7) is 5.06. The van der Waals surface area contributed by atoms with E-state index in [1.54, 1.807) is 20.8 Å². The Morgan fingerprint density at radius 1 is 1.31 bits per heavy atom. The highest BCUT2D eigenvalue weighted by molar-refractivity contribution is 5.97. The van der Waals surface area contributed by atoms with Gasteiger partial charge in [-0.2, -0.15) is 0 Å². The molecule has 0 heterocycles. The fourth-order valence-electron chi connectivity index (χ4n) is 1.13. The molecule has 1 rings (SSSR count). The van der Waals surface area contributed by atoms with Gasteiger partial charge in [0.1, 0.15) is 16.9 Å². The van der Waals surface area contributed by atoms with Crippen molar-refractivity contribution in [3.63, 3.8) is 0 Å². The van der Waals surface area contributed by atoms with Crippen LogP contribution < -0.4 is 5.73 Å². The molecule has 1 aromatic rings. The van der Waals surface area contributed by atoms with Crippen LogP contribution in [-0.4, -0.2) is 21.8 Å². The molecule has 0 aliphatic rings. The summed E-state index contributed by atoms with van der Waals surface area (Å²) in [6, 6.07) is 2.53. The van der Waals surface area contributed by atoms with Crippen molar-refractivity contribution in [2.45, 2.75) is 26.4 Å². The van der Waals surface area contributed by atoms with Crippen LogP contribution in [0, 0.1) is 0 Å². The molecule has 0 saturated heterocycles. The molecule has 0 atom stereocenters. The molecular weight excluding hydrogens is 210 g/mol. The zero-order valence-electron chi connectivity index (χ0n) is 9.44. The molecule has 4 N–H and O–H groups in total. The molecule has 1 aromatic carbocycles. The molecule has 5 nitrogen and oxygen atoms in total. The van der Waals surface area contributed by atoms with Crippen LogP contribution in [-0.2, 0) is 4.74 Å². The number of phenols is 2. The van der Waals surface area contributed by atoms with Crippen molar-refractivity contribution in [2.75, 3.05) is 5.73 Å². The number of hydrogen-bond donors (Lipinski definition) is 3. The molecule has 0 spiro atoms. The highest BCUT2D eigenvalue weighted by Crippen LogP contribution is 2.33. The summed E-state index contributed by atoms with van der Waals surface area (Å²) >= 11 is 0. The predicted octanol–water partition coefficient (Wildman–Crippen LogP) is 1.64. The van der Waals surface area contributed by atoms with Gasteiger partial charge in [0.15, 0.2) is 5.75 Å². The van der Waals surface area contributed by atoms with Gasteiger partial charge in [0, 0.05) is 0 Å². The number of hydrogen-bond acceptors (Lipinski definition) is 5. The lowest BCUT2D eigenvalue weighted by atomic mass is 10.1. The van der Waals surface area contributed by atoms with E-state index in [1.807, 2.05) is 0 Å². The van der Waals surface area contributed by atoms with Crippen LogP contribution in [0.4, 0.5) is 5.69 Å². The Hall–Kier alpha value is -1.91. The Morgan fingerprint density at radius 3 is 2.38 bits per heavy atom. The maximum atomic E-state index is 11.7. The zero-order chi connectivity index (χ0) is 12.5. The van der Waals surface area contributed by atoms with Gasteiger partial charge in [0.25, 0.3) is 0 Å². The number of nitrogens with two attached hydrogens (primary N) is 1. The Kier molecular flexibility index (Phi) is 2.98. The summed E-state index contributed by atoms with van der Waals surface area (Å²) in [5, 5.41) is 19.0. The molecule has 5 heteroatoms. The van der Waals surface area contributed by atoms with Crippen molar-refractivity contribution < 1.29 is 19.7 Å². The average Bonchev–Trinajstić information content (AvgIpc) is 2.09. The molecular formula is C11H15NO4. The van der Waals surface area contributed by atoms with Crippen LogP contribution in [0.15, 0.2) is 12.1 Å². The van der Waals surface area contributed by atoms with Crippen molar-refractivity contribution >= 4 is 11.7 Å². The first-order valence-corrected chi connectivity index (χ1v) is 4.76. The molecule has 88 valence electrons. The second-order valence-corrected chi connectivity index (χ2v) is 4.40. The predicted molar refractivity (Wildman–Crippen MR) is 59.4 cm³/mol. The van der Waals surface area contributed by atoms with E-state index >= 15 is 0 Å². The Morgan fingerprint density at radius 2 is 1.88 bits per heavy atom. The number of carbonyl (C=O) groups is 1. The average molecular weight is 225 g/mol. The summed E-state index contributed by atoms with van der Waals surface area (Å²) in [5.41, 5.74) is 4.42. The summed E-state index contributed by atoms with van der Waals surface area (Å²) in [7, 11) is 0. The van der Waals surface area contributed by atoms with Gasteiger partial charge in [-0.3, -0.25) is 0 Å². The fraction of sp³-hybridized carbons (Fsp3) is 0.364. The highest BCUT2D eigenvalue weighted by atomic mass is 16.6. The first kappa shape index (κ1) is 12.2. The summed E-state index contributed by atoms with van der Waals surface area (Å²) in [4.78, 5) is 11.7. The number of ether oxygens (including phenoxy) is 1. The lowest BCUT2D eigenvalue weighted by Crippen LogP contribution is -2.24. The molecule has 0 fully saturated rings. The van der Waals surface area contributed by atoms with Crippen LogP contribution in [0.25, 0.3) is 0 Å². The van der Waals surface area contributed by atoms with E-state index in [2.05, 4.69) is 0 Å². The van der Waals surface area contributed by atoms with Crippen LogP contribution in [0.3, 0.4) is 0 Å². The van der Waals surface area contributed by atoms with Crippen LogP contribution >= 0.6 is 0 Å². The van der Waals surface area contributed by atoms with E-state index in [0.717, 1.165) is 0 Å². The third-order valence-electron chi connectivity index (χ3n) is 1.79. The standard InChI is InChI=1S/C11H15NO4/c1-11(2,3)16-10(15)8-7(13)5-4-6(12)9(8)14/h4-5,13-14H,12H2,1-3H3. The molecule has 0 unspecified atom stereocenters. The second-order valence-electron chi connectivity index (χ2n) is 4.40. The summed E-state index contributed by atoms with van der Waals surface area (Å²) in [6.07, 6.45) is 0. The molecule has 0 radical (unpaired) electrons. The summed E-state index contributed by atoms with van der Waals surface area (Å²) in [5.74, 6) is -1.63. The van der Waals surface area contributed by atoms with Gasteiger partial charge in [-0.1, -0.05) is 0 Å². The van der Waals surface area contributed by atoms with Gasteiger partial charge in [0.05, 0.1) is 5.69 Å². The lowest BCUT2D eigenvalue weighted by Gasteiger charge is -2.20. The molecule has 16 heavy (non-hydrogen) atoms. The smallest absolute Gasteiger partial charge is 0.346 e.